The lowest BCUT2D eigenvalue weighted by atomic mass is 10.1. The third-order valence-corrected chi connectivity index (χ3v) is 5.95. The highest BCUT2D eigenvalue weighted by Gasteiger charge is 2.33. The molecule has 2 aliphatic rings. The van der Waals surface area contributed by atoms with Gasteiger partial charge >= 0.3 is 0 Å². The first-order chi connectivity index (χ1) is 9.13. The van der Waals surface area contributed by atoms with Gasteiger partial charge < -0.3 is 9.88 Å². The molecule has 1 atom stereocenters. The van der Waals surface area contributed by atoms with Crippen LogP contribution in [0.3, 0.4) is 0 Å². The van der Waals surface area contributed by atoms with Crippen molar-refractivity contribution in [2.24, 2.45) is 0 Å². The first kappa shape index (κ1) is 15.8. The molecule has 8 heteroatoms. The van der Waals surface area contributed by atoms with Crippen molar-refractivity contribution in [3.8, 4) is 0 Å². The lowest BCUT2D eigenvalue weighted by Crippen LogP contribution is -2.47. The summed E-state index contributed by atoms with van der Waals surface area (Å²) in [5, 5.41) is 3.55. The molecule has 1 N–H and O–H groups in total. The lowest BCUT2D eigenvalue weighted by Gasteiger charge is -2.31. The van der Waals surface area contributed by atoms with Gasteiger partial charge in [0.1, 0.15) is 5.82 Å². The van der Waals surface area contributed by atoms with Gasteiger partial charge in [-0.2, -0.15) is 4.31 Å². The number of halogens is 1. The van der Waals surface area contributed by atoms with E-state index in [1.165, 1.54) is 6.20 Å². The Hall–Kier alpha value is -0.630. The van der Waals surface area contributed by atoms with Crippen LogP contribution < -0.4 is 5.32 Å². The summed E-state index contributed by atoms with van der Waals surface area (Å²) in [4.78, 5) is 4.24. The van der Waals surface area contributed by atoms with Crippen LogP contribution in [0.15, 0.2) is 11.2 Å². The maximum absolute atomic E-state index is 12.7. The van der Waals surface area contributed by atoms with Gasteiger partial charge in [0.05, 0.1) is 6.20 Å². The van der Waals surface area contributed by atoms with Crippen molar-refractivity contribution >= 4 is 22.4 Å². The fourth-order valence-corrected chi connectivity index (χ4v) is 4.64. The summed E-state index contributed by atoms with van der Waals surface area (Å²) in [6.07, 6.45) is 5.34. The van der Waals surface area contributed by atoms with E-state index in [0.29, 0.717) is 18.1 Å². The number of hydrogen-bond donors (Lipinski definition) is 1. The van der Waals surface area contributed by atoms with Gasteiger partial charge in [-0.05, 0) is 26.3 Å². The second-order valence-electron chi connectivity index (χ2n) is 5.26. The maximum Gasteiger partial charge on any atom is 0.260 e. The molecule has 20 heavy (non-hydrogen) atoms. The van der Waals surface area contributed by atoms with Crippen LogP contribution in [-0.2, 0) is 23.0 Å². The number of rotatable bonds is 3. The first-order valence-electron chi connectivity index (χ1n) is 6.85. The molecule has 6 nitrogen and oxygen atoms in total. The summed E-state index contributed by atoms with van der Waals surface area (Å²) in [5.41, 5.74) is 0. The standard InChI is InChI=1S/C12H20N4O2S.ClH/c1-13-10-4-2-6-15(9-10)19(17,18)12-8-14-11-5-3-7-16(11)12;/h8,10,13H,2-7,9H2,1H3;1H. The molecule has 0 spiro atoms. The van der Waals surface area contributed by atoms with Crippen molar-refractivity contribution in [3.63, 3.8) is 0 Å². The minimum atomic E-state index is -3.39. The second-order valence-corrected chi connectivity index (χ2v) is 7.14. The summed E-state index contributed by atoms with van der Waals surface area (Å²) in [5.74, 6) is 0.903. The van der Waals surface area contributed by atoms with Crippen molar-refractivity contribution < 1.29 is 8.42 Å². The number of piperidine rings is 1. The number of imidazole rings is 1. The highest BCUT2D eigenvalue weighted by molar-refractivity contribution is 7.89. The molecule has 1 unspecified atom stereocenters. The molecule has 0 bridgehead atoms. The fourth-order valence-electron chi connectivity index (χ4n) is 2.96. The van der Waals surface area contributed by atoms with E-state index in [2.05, 4.69) is 10.3 Å². The number of nitrogens with zero attached hydrogens (tertiary/aromatic N) is 3. The minimum absolute atomic E-state index is 0. The van der Waals surface area contributed by atoms with E-state index in [1.807, 2.05) is 11.6 Å². The number of aryl methyl sites for hydroxylation is 1. The summed E-state index contributed by atoms with van der Waals surface area (Å²) in [7, 11) is -1.51. The van der Waals surface area contributed by atoms with Gasteiger partial charge in [-0.15, -0.1) is 12.4 Å². The van der Waals surface area contributed by atoms with Crippen LogP contribution in [0, 0.1) is 0 Å². The topological polar surface area (TPSA) is 67.2 Å². The quantitative estimate of drug-likeness (QED) is 0.887. The maximum atomic E-state index is 12.7. The van der Waals surface area contributed by atoms with Gasteiger partial charge in [0.15, 0.2) is 5.03 Å². The number of nitrogens with one attached hydrogen (secondary N) is 1. The van der Waals surface area contributed by atoms with Crippen molar-refractivity contribution in [2.45, 2.75) is 43.3 Å². The van der Waals surface area contributed by atoms with E-state index in [9.17, 15) is 8.42 Å². The molecule has 1 aromatic heterocycles. The van der Waals surface area contributed by atoms with Crippen LogP contribution >= 0.6 is 12.4 Å². The van der Waals surface area contributed by atoms with Crippen LogP contribution in [0.2, 0.25) is 0 Å². The van der Waals surface area contributed by atoms with Crippen molar-refractivity contribution in [1.29, 1.82) is 0 Å². The van der Waals surface area contributed by atoms with E-state index in [0.717, 1.165) is 38.1 Å². The average molecular weight is 321 g/mol. The van der Waals surface area contributed by atoms with Crippen molar-refractivity contribution in [1.82, 2.24) is 19.2 Å². The largest absolute Gasteiger partial charge is 0.318 e. The van der Waals surface area contributed by atoms with Gasteiger partial charge in [-0.1, -0.05) is 0 Å². The number of hydrogen-bond acceptors (Lipinski definition) is 4. The Morgan fingerprint density at radius 3 is 2.90 bits per heavy atom. The smallest absolute Gasteiger partial charge is 0.260 e. The van der Waals surface area contributed by atoms with E-state index >= 15 is 0 Å². The highest BCUT2D eigenvalue weighted by Crippen LogP contribution is 2.25. The Labute approximate surface area is 126 Å². The normalized spacial score (nSPS) is 23.4. The Kier molecular flexibility index (Phi) is 4.73. The number of fused-ring (bicyclic) bond motifs is 1. The third-order valence-electron chi connectivity index (χ3n) is 4.08. The highest BCUT2D eigenvalue weighted by atomic mass is 35.5. The number of sulfonamides is 1. The van der Waals surface area contributed by atoms with Crippen LogP contribution in [0.25, 0.3) is 0 Å². The van der Waals surface area contributed by atoms with Crippen LogP contribution in [0.1, 0.15) is 25.1 Å². The summed E-state index contributed by atoms with van der Waals surface area (Å²) >= 11 is 0. The monoisotopic (exact) mass is 320 g/mol. The van der Waals surface area contributed by atoms with E-state index in [1.54, 1.807) is 4.31 Å². The predicted octanol–water partition coefficient (Wildman–Crippen LogP) is 0.624. The molecule has 0 saturated carbocycles. The van der Waals surface area contributed by atoms with Crippen LogP contribution in [0.4, 0.5) is 0 Å². The molecule has 3 heterocycles. The average Bonchev–Trinajstić information content (AvgIpc) is 3.01. The molecule has 0 amide bonds. The SMILES string of the molecule is CNC1CCCN(S(=O)(=O)c2cnc3n2CCC3)C1.Cl. The number of aromatic nitrogens is 2. The minimum Gasteiger partial charge on any atom is -0.318 e. The summed E-state index contributed by atoms with van der Waals surface area (Å²) < 4.78 is 28.9. The molecule has 2 aliphatic heterocycles. The third kappa shape index (κ3) is 2.59. The van der Waals surface area contributed by atoms with Crippen molar-refractivity contribution in [2.75, 3.05) is 20.1 Å². The van der Waals surface area contributed by atoms with E-state index in [4.69, 9.17) is 0 Å². The van der Waals surface area contributed by atoms with Gasteiger partial charge in [0.25, 0.3) is 10.0 Å². The summed E-state index contributed by atoms with van der Waals surface area (Å²) in [6, 6.07) is 0.254. The Morgan fingerprint density at radius 2 is 2.15 bits per heavy atom. The molecule has 0 aromatic carbocycles. The molecule has 1 saturated heterocycles. The van der Waals surface area contributed by atoms with E-state index in [-0.39, 0.29) is 18.4 Å². The zero-order valence-electron chi connectivity index (χ0n) is 11.6. The second kappa shape index (κ2) is 6.01. The molecule has 1 aromatic rings. The summed E-state index contributed by atoms with van der Waals surface area (Å²) in [6.45, 7) is 1.94. The molecule has 0 radical (unpaired) electrons. The fraction of sp³-hybridized carbons (Fsp3) is 0.750. The van der Waals surface area contributed by atoms with Gasteiger partial charge in [-0.3, -0.25) is 0 Å². The molecular formula is C12H21ClN4O2S. The zero-order chi connectivity index (χ0) is 13.5. The Bertz CT molecular complexity index is 572. The molecule has 114 valence electrons. The van der Waals surface area contributed by atoms with E-state index < -0.39 is 10.0 Å². The van der Waals surface area contributed by atoms with Gasteiger partial charge in [0, 0.05) is 32.1 Å². The molecule has 1 fully saturated rings. The zero-order valence-corrected chi connectivity index (χ0v) is 13.2. The van der Waals surface area contributed by atoms with Crippen molar-refractivity contribution in [3.05, 3.63) is 12.0 Å². The van der Waals surface area contributed by atoms with Crippen LogP contribution in [-0.4, -0.2) is 48.5 Å². The number of likely N-dealkylation sites (N-methyl/N-ethyl adjacent to an activating group) is 1. The van der Waals surface area contributed by atoms with Gasteiger partial charge in [-0.25, -0.2) is 13.4 Å². The molecule has 3 rings (SSSR count). The van der Waals surface area contributed by atoms with Crippen LogP contribution in [0.5, 0.6) is 0 Å². The Morgan fingerprint density at radius 1 is 1.35 bits per heavy atom. The molecule has 0 aliphatic carbocycles. The predicted molar refractivity (Wildman–Crippen MR) is 78.6 cm³/mol. The molecular weight excluding hydrogens is 300 g/mol. The lowest BCUT2D eigenvalue weighted by molar-refractivity contribution is 0.291. The Balaban J connectivity index is 0.00000147. The van der Waals surface area contributed by atoms with Gasteiger partial charge in [0.2, 0.25) is 0 Å². The first-order valence-corrected chi connectivity index (χ1v) is 8.29.